The molecule has 0 fully saturated rings. The molecule has 1 heterocycles. The minimum atomic E-state index is 0.0476. The Hall–Kier alpha value is -1.81. The predicted molar refractivity (Wildman–Crippen MR) is 54.4 cm³/mol. The third-order valence-corrected chi connectivity index (χ3v) is 2.01. The van der Waals surface area contributed by atoms with Crippen LogP contribution in [0.3, 0.4) is 0 Å². The fourth-order valence-corrected chi connectivity index (χ4v) is 1.31. The van der Waals surface area contributed by atoms with Crippen LogP contribution < -0.4 is 0 Å². The van der Waals surface area contributed by atoms with E-state index < -0.39 is 0 Å². The van der Waals surface area contributed by atoms with Crippen LogP contribution in [0.4, 0.5) is 0 Å². The van der Waals surface area contributed by atoms with Crippen molar-refractivity contribution in [2.45, 2.75) is 6.42 Å². The topological polar surface area (TPSA) is 66.5 Å². The lowest BCUT2D eigenvalue weighted by Crippen LogP contribution is -1.90. The number of phenols is 1. The minimum absolute atomic E-state index is 0.0476. The molecule has 0 aliphatic heterocycles. The van der Waals surface area contributed by atoms with Crippen LogP contribution in [0, 0.1) is 0 Å². The number of nitrogens with zero attached hydrogens (tertiary/aromatic N) is 1. The number of aliphatic hydroxyl groups excluding tert-OH is 1. The summed E-state index contributed by atoms with van der Waals surface area (Å²) in [6, 6.07) is 6.69. The summed E-state index contributed by atoms with van der Waals surface area (Å²) >= 11 is 0. The number of oxazole rings is 1. The first kappa shape index (κ1) is 9.73. The lowest BCUT2D eigenvalue weighted by Gasteiger charge is -1.95. The maximum atomic E-state index is 9.28. The maximum Gasteiger partial charge on any atom is 0.226 e. The zero-order valence-electron chi connectivity index (χ0n) is 8.05. The first-order valence-electron chi connectivity index (χ1n) is 4.64. The summed E-state index contributed by atoms with van der Waals surface area (Å²) in [7, 11) is 0. The average molecular weight is 205 g/mol. The summed E-state index contributed by atoms with van der Waals surface area (Å²) in [5, 5.41) is 18.0. The number of hydrogen-bond donors (Lipinski definition) is 2. The van der Waals surface area contributed by atoms with Gasteiger partial charge < -0.3 is 14.6 Å². The molecule has 4 nitrogen and oxygen atoms in total. The van der Waals surface area contributed by atoms with E-state index in [9.17, 15) is 5.11 Å². The fraction of sp³-hybridized carbons (Fsp3) is 0.182. The molecule has 0 aliphatic carbocycles. The Balaban J connectivity index is 2.29. The van der Waals surface area contributed by atoms with Gasteiger partial charge >= 0.3 is 0 Å². The van der Waals surface area contributed by atoms with Gasteiger partial charge in [-0.15, -0.1) is 0 Å². The minimum Gasteiger partial charge on any atom is -0.508 e. The molecule has 2 N–H and O–H groups in total. The van der Waals surface area contributed by atoms with E-state index in [2.05, 4.69) is 4.98 Å². The molecular weight excluding hydrogens is 194 g/mol. The van der Waals surface area contributed by atoms with Crippen LogP contribution in [0.25, 0.3) is 11.5 Å². The highest BCUT2D eigenvalue weighted by Gasteiger charge is 2.06. The molecule has 1 aromatic carbocycles. The molecule has 0 radical (unpaired) electrons. The van der Waals surface area contributed by atoms with E-state index in [0.29, 0.717) is 18.0 Å². The lowest BCUT2D eigenvalue weighted by molar-refractivity contribution is 0.298. The van der Waals surface area contributed by atoms with Crippen molar-refractivity contribution in [3.05, 3.63) is 36.2 Å². The molecule has 0 saturated carbocycles. The summed E-state index contributed by atoms with van der Waals surface area (Å²) < 4.78 is 5.22. The van der Waals surface area contributed by atoms with Crippen molar-refractivity contribution in [3.63, 3.8) is 0 Å². The number of phenolic OH excluding ortho intramolecular Hbond substituents is 1. The molecule has 78 valence electrons. The van der Waals surface area contributed by atoms with E-state index in [1.54, 1.807) is 24.3 Å². The van der Waals surface area contributed by atoms with E-state index >= 15 is 0 Å². The van der Waals surface area contributed by atoms with Crippen molar-refractivity contribution in [2.75, 3.05) is 6.61 Å². The molecule has 4 heteroatoms. The first-order chi connectivity index (χ1) is 7.29. The number of aromatic nitrogens is 1. The van der Waals surface area contributed by atoms with Gasteiger partial charge in [0.25, 0.3) is 0 Å². The third-order valence-electron chi connectivity index (χ3n) is 2.01. The second-order valence-corrected chi connectivity index (χ2v) is 3.17. The first-order valence-corrected chi connectivity index (χ1v) is 4.64. The highest BCUT2D eigenvalue weighted by Crippen LogP contribution is 2.22. The molecule has 1 aromatic heterocycles. The van der Waals surface area contributed by atoms with Crippen molar-refractivity contribution >= 4 is 0 Å². The number of aromatic hydroxyl groups is 1. The number of aliphatic hydroxyl groups is 1. The van der Waals surface area contributed by atoms with Crippen molar-refractivity contribution in [2.24, 2.45) is 0 Å². The van der Waals surface area contributed by atoms with E-state index in [4.69, 9.17) is 9.52 Å². The number of benzene rings is 1. The van der Waals surface area contributed by atoms with Crippen molar-refractivity contribution in [1.29, 1.82) is 0 Å². The standard InChI is InChI=1S/C11H11NO3/c13-5-4-9-7-15-11(12-9)8-2-1-3-10(14)6-8/h1-3,6-7,13-14H,4-5H2. The van der Waals surface area contributed by atoms with Gasteiger partial charge in [-0.3, -0.25) is 0 Å². The van der Waals surface area contributed by atoms with Crippen LogP contribution in [-0.2, 0) is 6.42 Å². The fourth-order valence-electron chi connectivity index (χ4n) is 1.31. The van der Waals surface area contributed by atoms with Crippen LogP contribution in [0.2, 0.25) is 0 Å². The summed E-state index contributed by atoms with van der Waals surface area (Å²) in [5.74, 6) is 0.628. The Labute approximate surface area is 86.8 Å². The van der Waals surface area contributed by atoms with Crippen molar-refractivity contribution in [1.82, 2.24) is 4.98 Å². The number of hydrogen-bond acceptors (Lipinski definition) is 4. The van der Waals surface area contributed by atoms with Gasteiger partial charge in [0.05, 0.1) is 5.69 Å². The molecule has 0 atom stereocenters. The van der Waals surface area contributed by atoms with Gasteiger partial charge in [-0.2, -0.15) is 0 Å². The quantitative estimate of drug-likeness (QED) is 0.798. The smallest absolute Gasteiger partial charge is 0.226 e. The lowest BCUT2D eigenvalue weighted by atomic mass is 10.2. The summed E-state index contributed by atoms with van der Waals surface area (Å²) in [5.41, 5.74) is 1.43. The van der Waals surface area contributed by atoms with Crippen LogP contribution in [0.5, 0.6) is 5.75 Å². The van der Waals surface area contributed by atoms with Gasteiger partial charge in [0.15, 0.2) is 0 Å². The van der Waals surface area contributed by atoms with Gasteiger partial charge in [0.1, 0.15) is 12.0 Å². The van der Waals surface area contributed by atoms with E-state index in [1.165, 1.54) is 6.26 Å². The Morgan fingerprint density at radius 3 is 2.93 bits per heavy atom. The van der Waals surface area contributed by atoms with Gasteiger partial charge in [0, 0.05) is 18.6 Å². The normalized spacial score (nSPS) is 10.5. The summed E-state index contributed by atoms with van der Waals surface area (Å²) in [6.45, 7) is 0.0476. The van der Waals surface area contributed by atoms with Crippen LogP contribution in [-0.4, -0.2) is 21.8 Å². The predicted octanol–water partition coefficient (Wildman–Crippen LogP) is 1.58. The Bertz CT molecular complexity index is 451. The molecule has 0 unspecified atom stereocenters. The van der Waals surface area contributed by atoms with Crippen molar-refractivity contribution < 1.29 is 14.6 Å². The molecule has 0 amide bonds. The Kier molecular flexibility index (Phi) is 2.69. The third kappa shape index (κ3) is 2.16. The monoisotopic (exact) mass is 205 g/mol. The zero-order valence-corrected chi connectivity index (χ0v) is 8.05. The SMILES string of the molecule is OCCc1coc(-c2cccc(O)c2)n1. The van der Waals surface area contributed by atoms with Crippen LogP contribution in [0.15, 0.2) is 34.9 Å². The van der Waals surface area contributed by atoms with Crippen molar-refractivity contribution in [3.8, 4) is 17.2 Å². The molecule has 0 bridgehead atoms. The van der Waals surface area contributed by atoms with Crippen LogP contribution >= 0.6 is 0 Å². The highest BCUT2D eigenvalue weighted by molar-refractivity contribution is 5.55. The summed E-state index contributed by atoms with van der Waals surface area (Å²) in [6.07, 6.45) is 1.98. The van der Waals surface area contributed by atoms with Gasteiger partial charge in [-0.1, -0.05) is 6.07 Å². The van der Waals surface area contributed by atoms with Gasteiger partial charge in [-0.25, -0.2) is 4.98 Å². The molecule has 0 spiro atoms. The van der Waals surface area contributed by atoms with E-state index in [0.717, 1.165) is 5.56 Å². The molecule has 15 heavy (non-hydrogen) atoms. The zero-order chi connectivity index (χ0) is 10.7. The Morgan fingerprint density at radius 1 is 1.33 bits per heavy atom. The van der Waals surface area contributed by atoms with Crippen LogP contribution in [0.1, 0.15) is 5.69 Å². The maximum absolute atomic E-state index is 9.28. The second kappa shape index (κ2) is 4.14. The number of rotatable bonds is 3. The molecule has 2 aromatic rings. The molecule has 0 saturated heterocycles. The Morgan fingerprint density at radius 2 is 2.20 bits per heavy atom. The molecule has 2 rings (SSSR count). The van der Waals surface area contributed by atoms with Gasteiger partial charge in [-0.05, 0) is 18.2 Å². The molecule has 0 aliphatic rings. The summed E-state index contributed by atoms with van der Waals surface area (Å²) in [4.78, 5) is 4.17. The second-order valence-electron chi connectivity index (χ2n) is 3.17. The highest BCUT2D eigenvalue weighted by atomic mass is 16.3. The largest absolute Gasteiger partial charge is 0.508 e. The average Bonchev–Trinajstić information content (AvgIpc) is 2.67. The van der Waals surface area contributed by atoms with Gasteiger partial charge in [0.2, 0.25) is 5.89 Å². The molecular formula is C11H11NO3. The van der Waals surface area contributed by atoms with E-state index in [1.807, 2.05) is 0 Å². The van der Waals surface area contributed by atoms with E-state index in [-0.39, 0.29) is 12.4 Å².